The molecule has 0 atom stereocenters. The van der Waals surface area contributed by atoms with Crippen molar-refractivity contribution in [3.8, 4) is 17.4 Å². The van der Waals surface area contributed by atoms with E-state index in [1.165, 1.54) is 24.5 Å². The van der Waals surface area contributed by atoms with Crippen molar-refractivity contribution in [2.75, 3.05) is 0 Å². The molecule has 0 unspecified atom stereocenters. The van der Waals surface area contributed by atoms with Crippen molar-refractivity contribution in [2.24, 2.45) is 5.73 Å². The standard InChI is InChI=1S/C12H9BrF3N3O2/c13-9-3-8(1-2-10(9)21-12(14,15)16)20-11-6-18-7(4-17)5-19-11/h1-3,5-6H,4,17H2. The quantitative estimate of drug-likeness (QED) is 0.901. The summed E-state index contributed by atoms with van der Waals surface area (Å²) in [5.41, 5.74) is 5.98. The lowest BCUT2D eigenvalue weighted by atomic mass is 10.3. The molecule has 0 aliphatic rings. The molecule has 0 bridgehead atoms. The zero-order chi connectivity index (χ0) is 15.5. The van der Waals surface area contributed by atoms with Crippen molar-refractivity contribution in [3.63, 3.8) is 0 Å². The Labute approximate surface area is 126 Å². The third-order valence-corrected chi connectivity index (χ3v) is 2.86. The Bertz CT molecular complexity index is 620. The second kappa shape index (κ2) is 6.27. The van der Waals surface area contributed by atoms with Crippen molar-refractivity contribution >= 4 is 15.9 Å². The molecule has 21 heavy (non-hydrogen) atoms. The predicted octanol–water partition coefficient (Wildman–Crippen LogP) is 3.39. The van der Waals surface area contributed by atoms with Crippen LogP contribution in [0.15, 0.2) is 35.1 Å². The minimum atomic E-state index is -4.76. The van der Waals surface area contributed by atoms with Gasteiger partial charge in [0.25, 0.3) is 0 Å². The fraction of sp³-hybridized carbons (Fsp3) is 0.167. The van der Waals surface area contributed by atoms with E-state index in [1.54, 1.807) is 0 Å². The number of alkyl halides is 3. The van der Waals surface area contributed by atoms with Gasteiger partial charge in [-0.05, 0) is 34.1 Å². The Kier molecular flexibility index (Phi) is 4.63. The minimum Gasteiger partial charge on any atom is -0.437 e. The third kappa shape index (κ3) is 4.57. The first-order valence-corrected chi connectivity index (χ1v) is 6.41. The van der Waals surface area contributed by atoms with Crippen LogP contribution in [0.2, 0.25) is 0 Å². The lowest BCUT2D eigenvalue weighted by molar-refractivity contribution is -0.274. The number of nitrogens with zero attached hydrogens (tertiary/aromatic N) is 2. The van der Waals surface area contributed by atoms with Gasteiger partial charge in [0.2, 0.25) is 5.88 Å². The fourth-order valence-electron chi connectivity index (χ4n) is 1.37. The second-order valence-electron chi connectivity index (χ2n) is 3.79. The molecule has 1 heterocycles. The molecular formula is C12H9BrF3N3O2. The Morgan fingerprint density at radius 1 is 1.19 bits per heavy atom. The van der Waals surface area contributed by atoms with Gasteiger partial charge in [0.05, 0.1) is 22.6 Å². The monoisotopic (exact) mass is 363 g/mol. The highest BCUT2D eigenvalue weighted by atomic mass is 79.9. The molecule has 0 aliphatic heterocycles. The van der Waals surface area contributed by atoms with Crippen LogP contribution in [-0.2, 0) is 6.54 Å². The van der Waals surface area contributed by atoms with Crippen molar-refractivity contribution < 1.29 is 22.6 Å². The summed E-state index contributed by atoms with van der Waals surface area (Å²) in [5.74, 6) is 0.120. The molecule has 5 nitrogen and oxygen atoms in total. The van der Waals surface area contributed by atoms with Crippen LogP contribution in [0.1, 0.15) is 5.69 Å². The van der Waals surface area contributed by atoms with Crippen LogP contribution in [0, 0.1) is 0 Å². The first-order valence-electron chi connectivity index (χ1n) is 5.61. The van der Waals surface area contributed by atoms with Crippen molar-refractivity contribution in [2.45, 2.75) is 12.9 Å². The van der Waals surface area contributed by atoms with Crippen molar-refractivity contribution in [1.82, 2.24) is 9.97 Å². The number of rotatable bonds is 4. The van der Waals surface area contributed by atoms with E-state index >= 15 is 0 Å². The van der Waals surface area contributed by atoms with Gasteiger partial charge in [0.15, 0.2) is 0 Å². The molecule has 1 aromatic carbocycles. The summed E-state index contributed by atoms with van der Waals surface area (Å²) in [6.45, 7) is 0.252. The van der Waals surface area contributed by atoms with Gasteiger partial charge >= 0.3 is 6.36 Å². The number of halogens is 4. The maximum Gasteiger partial charge on any atom is 0.573 e. The van der Waals surface area contributed by atoms with Crippen molar-refractivity contribution in [1.29, 1.82) is 0 Å². The third-order valence-electron chi connectivity index (χ3n) is 2.24. The van der Waals surface area contributed by atoms with Crippen LogP contribution in [-0.4, -0.2) is 16.3 Å². The summed E-state index contributed by atoms with van der Waals surface area (Å²) < 4.78 is 45.7. The largest absolute Gasteiger partial charge is 0.573 e. The first kappa shape index (κ1) is 15.5. The molecule has 0 radical (unpaired) electrons. The van der Waals surface area contributed by atoms with E-state index in [4.69, 9.17) is 10.5 Å². The smallest absolute Gasteiger partial charge is 0.437 e. The zero-order valence-corrected chi connectivity index (χ0v) is 12.0. The summed E-state index contributed by atoms with van der Waals surface area (Å²) >= 11 is 2.98. The van der Waals surface area contributed by atoms with Gasteiger partial charge in [-0.1, -0.05) is 0 Å². The molecule has 0 saturated carbocycles. The van der Waals surface area contributed by atoms with Crippen LogP contribution in [0.5, 0.6) is 17.4 Å². The molecular weight excluding hydrogens is 355 g/mol. The van der Waals surface area contributed by atoms with E-state index in [2.05, 4.69) is 30.6 Å². The maximum absolute atomic E-state index is 12.1. The molecule has 9 heteroatoms. The maximum atomic E-state index is 12.1. The average Bonchev–Trinajstić information content (AvgIpc) is 2.41. The summed E-state index contributed by atoms with van der Waals surface area (Å²) in [6.07, 6.45) is -1.93. The summed E-state index contributed by atoms with van der Waals surface area (Å²) in [7, 11) is 0. The Morgan fingerprint density at radius 2 is 1.95 bits per heavy atom. The number of aromatic nitrogens is 2. The van der Waals surface area contributed by atoms with Crippen LogP contribution >= 0.6 is 15.9 Å². The van der Waals surface area contributed by atoms with Gasteiger partial charge in [0.1, 0.15) is 11.5 Å². The lowest BCUT2D eigenvalue weighted by Gasteiger charge is -2.11. The number of benzene rings is 1. The predicted molar refractivity (Wildman–Crippen MR) is 70.8 cm³/mol. The highest BCUT2D eigenvalue weighted by Gasteiger charge is 2.32. The van der Waals surface area contributed by atoms with Crippen LogP contribution in [0.3, 0.4) is 0 Å². The lowest BCUT2D eigenvalue weighted by Crippen LogP contribution is -2.17. The van der Waals surface area contributed by atoms with E-state index in [0.29, 0.717) is 5.69 Å². The molecule has 0 saturated heterocycles. The SMILES string of the molecule is NCc1cnc(Oc2ccc(OC(F)(F)F)c(Br)c2)cn1. The minimum absolute atomic E-state index is 0.101. The van der Waals surface area contributed by atoms with Gasteiger partial charge in [0, 0.05) is 6.54 Å². The van der Waals surface area contributed by atoms with Gasteiger partial charge in [-0.25, -0.2) is 4.98 Å². The Balaban J connectivity index is 2.12. The van der Waals surface area contributed by atoms with E-state index < -0.39 is 6.36 Å². The summed E-state index contributed by atoms with van der Waals surface area (Å²) in [5, 5.41) is 0. The normalized spacial score (nSPS) is 11.3. The summed E-state index contributed by atoms with van der Waals surface area (Å²) in [6, 6.07) is 3.79. The molecule has 0 fully saturated rings. The van der Waals surface area contributed by atoms with Gasteiger partial charge in [-0.15, -0.1) is 13.2 Å². The van der Waals surface area contributed by atoms with Crippen LogP contribution < -0.4 is 15.2 Å². The molecule has 0 aliphatic carbocycles. The van der Waals surface area contributed by atoms with E-state index in [1.807, 2.05) is 0 Å². The first-order chi connectivity index (χ1) is 9.87. The number of ether oxygens (including phenoxy) is 2. The molecule has 0 amide bonds. The average molecular weight is 364 g/mol. The molecule has 2 aromatic rings. The van der Waals surface area contributed by atoms with Gasteiger partial charge in [-0.2, -0.15) is 0 Å². The number of nitrogens with two attached hydrogens (primary N) is 1. The Hall–Kier alpha value is -1.87. The highest BCUT2D eigenvalue weighted by molar-refractivity contribution is 9.10. The number of hydrogen-bond donors (Lipinski definition) is 1. The second-order valence-corrected chi connectivity index (χ2v) is 4.65. The topological polar surface area (TPSA) is 70.3 Å². The van der Waals surface area contributed by atoms with Gasteiger partial charge < -0.3 is 15.2 Å². The number of hydrogen-bond acceptors (Lipinski definition) is 5. The molecule has 2 rings (SSSR count). The van der Waals surface area contributed by atoms with Crippen LogP contribution in [0.25, 0.3) is 0 Å². The van der Waals surface area contributed by atoms with E-state index in [-0.39, 0.29) is 28.4 Å². The highest BCUT2D eigenvalue weighted by Crippen LogP contribution is 2.34. The summed E-state index contributed by atoms with van der Waals surface area (Å²) in [4.78, 5) is 7.95. The van der Waals surface area contributed by atoms with Crippen LogP contribution in [0.4, 0.5) is 13.2 Å². The Morgan fingerprint density at radius 3 is 2.48 bits per heavy atom. The fourth-order valence-corrected chi connectivity index (χ4v) is 1.81. The van der Waals surface area contributed by atoms with Gasteiger partial charge in [-0.3, -0.25) is 4.98 Å². The molecule has 2 N–H and O–H groups in total. The molecule has 0 spiro atoms. The zero-order valence-electron chi connectivity index (χ0n) is 10.4. The van der Waals surface area contributed by atoms with Crippen molar-refractivity contribution in [3.05, 3.63) is 40.8 Å². The molecule has 1 aromatic heterocycles. The van der Waals surface area contributed by atoms with E-state index in [9.17, 15) is 13.2 Å². The van der Waals surface area contributed by atoms with E-state index in [0.717, 1.165) is 6.07 Å². The molecule has 112 valence electrons.